The molecule has 0 unspecified atom stereocenters. The van der Waals surface area contributed by atoms with Gasteiger partial charge in [0.2, 0.25) is 5.91 Å². The first-order valence-corrected chi connectivity index (χ1v) is 8.45. The number of carbonyl (C=O) groups excluding carboxylic acids is 1. The molecule has 0 fully saturated rings. The minimum absolute atomic E-state index is 0.126. The number of anilines is 3. The first-order valence-electron chi connectivity index (χ1n) is 7.63. The molecule has 3 aromatic heterocycles. The van der Waals surface area contributed by atoms with Crippen molar-refractivity contribution in [1.82, 2.24) is 15.0 Å². The van der Waals surface area contributed by atoms with Crippen molar-refractivity contribution < 1.29 is 4.79 Å². The lowest BCUT2D eigenvalue weighted by atomic mass is 10.3. The maximum Gasteiger partial charge on any atom is 0.237 e. The standard InChI is InChI=1S/C17H18N6OS/c1-11-6-7-19-16(8-11)22-15-5-3-4-12(21-15)13-9-20-17(25-13)23(2)10-14(18)24/h3-9H,10H2,1-2H3,(H2,18,24)(H,19,21,22). The van der Waals surface area contributed by atoms with Gasteiger partial charge in [0.05, 0.1) is 17.1 Å². The molecule has 0 saturated heterocycles. The molecule has 3 heterocycles. The number of nitrogens with one attached hydrogen (secondary N) is 1. The van der Waals surface area contributed by atoms with Gasteiger partial charge in [-0.2, -0.15) is 0 Å². The quantitative estimate of drug-likeness (QED) is 0.706. The molecule has 128 valence electrons. The fourth-order valence-corrected chi connectivity index (χ4v) is 3.08. The van der Waals surface area contributed by atoms with Gasteiger partial charge in [0.1, 0.15) is 11.6 Å². The number of aryl methyl sites for hydroxylation is 1. The molecule has 0 aliphatic carbocycles. The Labute approximate surface area is 149 Å². The Bertz CT molecular complexity index is 894. The molecule has 0 saturated carbocycles. The summed E-state index contributed by atoms with van der Waals surface area (Å²) in [4.78, 5) is 26.9. The molecule has 3 aromatic rings. The number of carbonyl (C=O) groups is 1. The highest BCUT2D eigenvalue weighted by atomic mass is 32.1. The highest BCUT2D eigenvalue weighted by Crippen LogP contribution is 2.30. The Hall–Kier alpha value is -3.00. The van der Waals surface area contributed by atoms with E-state index in [1.54, 1.807) is 24.3 Å². The van der Waals surface area contributed by atoms with E-state index in [0.717, 1.165) is 22.0 Å². The van der Waals surface area contributed by atoms with E-state index in [-0.39, 0.29) is 6.54 Å². The lowest BCUT2D eigenvalue weighted by Gasteiger charge is -2.12. The van der Waals surface area contributed by atoms with Gasteiger partial charge in [0.15, 0.2) is 5.13 Å². The number of thiazole rings is 1. The predicted molar refractivity (Wildman–Crippen MR) is 100 cm³/mol. The number of pyridine rings is 2. The van der Waals surface area contributed by atoms with Crippen molar-refractivity contribution in [1.29, 1.82) is 0 Å². The van der Waals surface area contributed by atoms with Crippen LogP contribution in [0.5, 0.6) is 0 Å². The number of nitrogens with two attached hydrogens (primary N) is 1. The Morgan fingerprint density at radius 1 is 1.28 bits per heavy atom. The molecule has 0 radical (unpaired) electrons. The molecule has 0 aliphatic heterocycles. The van der Waals surface area contributed by atoms with Crippen molar-refractivity contribution in [2.45, 2.75) is 6.92 Å². The van der Waals surface area contributed by atoms with E-state index in [4.69, 9.17) is 5.73 Å². The predicted octanol–water partition coefficient (Wildman–Crippen LogP) is 2.57. The van der Waals surface area contributed by atoms with Gasteiger partial charge in [-0.25, -0.2) is 15.0 Å². The molecule has 25 heavy (non-hydrogen) atoms. The van der Waals surface area contributed by atoms with Crippen LogP contribution in [-0.4, -0.2) is 34.5 Å². The van der Waals surface area contributed by atoms with Gasteiger partial charge >= 0.3 is 0 Å². The maximum absolute atomic E-state index is 11.0. The van der Waals surface area contributed by atoms with Gasteiger partial charge in [0, 0.05) is 19.4 Å². The molecule has 1 amide bonds. The van der Waals surface area contributed by atoms with E-state index in [2.05, 4.69) is 20.3 Å². The molecular weight excluding hydrogens is 336 g/mol. The molecule has 3 rings (SSSR count). The molecule has 3 N–H and O–H groups in total. The first kappa shape index (κ1) is 16.8. The molecular formula is C17H18N6OS. The van der Waals surface area contributed by atoms with Crippen LogP contribution in [0.25, 0.3) is 10.6 Å². The Balaban J connectivity index is 1.80. The molecule has 8 heteroatoms. The zero-order valence-corrected chi connectivity index (χ0v) is 14.7. The van der Waals surface area contributed by atoms with Gasteiger partial charge in [-0.1, -0.05) is 17.4 Å². The molecule has 0 aliphatic rings. The largest absolute Gasteiger partial charge is 0.368 e. The van der Waals surface area contributed by atoms with Gasteiger partial charge in [0.25, 0.3) is 0 Å². The second-order valence-electron chi connectivity index (χ2n) is 5.58. The van der Waals surface area contributed by atoms with E-state index in [0.29, 0.717) is 10.9 Å². The number of aromatic nitrogens is 3. The van der Waals surface area contributed by atoms with Crippen molar-refractivity contribution >= 4 is 34.0 Å². The van der Waals surface area contributed by atoms with Gasteiger partial charge in [-0.3, -0.25) is 4.79 Å². The Morgan fingerprint density at radius 2 is 2.12 bits per heavy atom. The number of nitrogens with zero attached hydrogens (tertiary/aromatic N) is 4. The van der Waals surface area contributed by atoms with Crippen molar-refractivity contribution in [2.24, 2.45) is 5.73 Å². The number of primary amides is 1. The third-order valence-electron chi connectivity index (χ3n) is 3.39. The van der Waals surface area contributed by atoms with Gasteiger partial charge in [-0.05, 0) is 36.8 Å². The number of likely N-dealkylation sites (N-methyl/N-ethyl adjacent to an activating group) is 1. The van der Waals surface area contributed by atoms with E-state index >= 15 is 0 Å². The summed E-state index contributed by atoms with van der Waals surface area (Å²) in [5, 5.41) is 3.92. The number of amides is 1. The summed E-state index contributed by atoms with van der Waals surface area (Å²) in [7, 11) is 1.78. The summed E-state index contributed by atoms with van der Waals surface area (Å²) < 4.78 is 0. The summed E-state index contributed by atoms with van der Waals surface area (Å²) in [6.45, 7) is 2.14. The fraction of sp³-hybridized carbons (Fsp3) is 0.176. The summed E-state index contributed by atoms with van der Waals surface area (Å²) in [5.74, 6) is 1.06. The normalized spacial score (nSPS) is 10.5. The maximum atomic E-state index is 11.0. The first-order chi connectivity index (χ1) is 12.0. The minimum Gasteiger partial charge on any atom is -0.368 e. The van der Waals surface area contributed by atoms with Gasteiger partial charge < -0.3 is 16.0 Å². The third-order valence-corrected chi connectivity index (χ3v) is 4.52. The van der Waals surface area contributed by atoms with Crippen molar-refractivity contribution in [3.63, 3.8) is 0 Å². The van der Waals surface area contributed by atoms with Crippen LogP contribution in [-0.2, 0) is 4.79 Å². The van der Waals surface area contributed by atoms with E-state index in [1.165, 1.54) is 11.3 Å². The van der Waals surface area contributed by atoms with Crippen molar-refractivity contribution in [3.8, 4) is 10.6 Å². The SMILES string of the molecule is Cc1ccnc(Nc2cccc(-c3cnc(N(C)CC(N)=O)s3)n2)c1. The number of hydrogen-bond acceptors (Lipinski definition) is 7. The summed E-state index contributed by atoms with van der Waals surface area (Å²) in [5.41, 5.74) is 7.15. The smallest absolute Gasteiger partial charge is 0.237 e. The zero-order valence-electron chi connectivity index (χ0n) is 13.9. The number of hydrogen-bond donors (Lipinski definition) is 2. The summed E-state index contributed by atoms with van der Waals surface area (Å²) in [6.07, 6.45) is 3.50. The van der Waals surface area contributed by atoms with Gasteiger partial charge in [-0.15, -0.1) is 0 Å². The van der Waals surface area contributed by atoms with Crippen LogP contribution in [0.3, 0.4) is 0 Å². The molecule has 0 atom stereocenters. The van der Waals surface area contributed by atoms with Crippen molar-refractivity contribution in [3.05, 3.63) is 48.3 Å². The van der Waals surface area contributed by atoms with Crippen LogP contribution in [0.4, 0.5) is 16.8 Å². The van der Waals surface area contributed by atoms with Crippen LogP contribution in [0.15, 0.2) is 42.7 Å². The van der Waals surface area contributed by atoms with Crippen LogP contribution >= 0.6 is 11.3 Å². The third kappa shape index (κ3) is 4.30. The average Bonchev–Trinajstić information content (AvgIpc) is 3.05. The lowest BCUT2D eigenvalue weighted by Crippen LogP contribution is -2.30. The average molecular weight is 354 g/mol. The zero-order chi connectivity index (χ0) is 17.8. The lowest BCUT2D eigenvalue weighted by molar-refractivity contribution is -0.116. The summed E-state index contributed by atoms with van der Waals surface area (Å²) >= 11 is 1.45. The molecule has 0 bridgehead atoms. The van der Waals surface area contributed by atoms with E-state index in [9.17, 15) is 4.79 Å². The minimum atomic E-state index is -0.394. The summed E-state index contributed by atoms with van der Waals surface area (Å²) in [6, 6.07) is 9.62. The highest BCUT2D eigenvalue weighted by molar-refractivity contribution is 7.18. The number of rotatable bonds is 6. The van der Waals surface area contributed by atoms with Crippen LogP contribution in [0.1, 0.15) is 5.56 Å². The van der Waals surface area contributed by atoms with Crippen molar-refractivity contribution in [2.75, 3.05) is 23.8 Å². The van der Waals surface area contributed by atoms with Crippen LogP contribution < -0.4 is 16.0 Å². The van der Waals surface area contributed by atoms with E-state index in [1.807, 2.05) is 37.3 Å². The molecule has 0 spiro atoms. The monoisotopic (exact) mass is 354 g/mol. The topological polar surface area (TPSA) is 97.0 Å². The second kappa shape index (κ2) is 7.27. The van der Waals surface area contributed by atoms with Crippen LogP contribution in [0, 0.1) is 6.92 Å². The van der Waals surface area contributed by atoms with E-state index < -0.39 is 5.91 Å². The Kier molecular flexibility index (Phi) is 4.90. The molecule has 0 aromatic carbocycles. The van der Waals surface area contributed by atoms with Crippen LogP contribution in [0.2, 0.25) is 0 Å². The highest BCUT2D eigenvalue weighted by Gasteiger charge is 2.11. The fourth-order valence-electron chi connectivity index (χ4n) is 2.24. The second-order valence-corrected chi connectivity index (χ2v) is 6.59. The Morgan fingerprint density at radius 3 is 2.88 bits per heavy atom. The molecule has 7 nitrogen and oxygen atoms in total.